The van der Waals surface area contributed by atoms with Crippen LogP contribution in [0.5, 0.6) is 0 Å². The predicted molar refractivity (Wildman–Crippen MR) is 71.6 cm³/mol. The molecule has 0 saturated heterocycles. The molecule has 0 radical (unpaired) electrons. The SMILES string of the molecule is CCC(CC)(CC)NCc1ccccc1C. The molecule has 1 aromatic carbocycles. The van der Waals surface area contributed by atoms with E-state index >= 15 is 0 Å². The molecule has 0 aromatic heterocycles. The zero-order valence-corrected chi connectivity index (χ0v) is 11.1. The van der Waals surface area contributed by atoms with Gasteiger partial charge < -0.3 is 5.32 Å². The fourth-order valence-electron chi connectivity index (χ4n) is 2.22. The van der Waals surface area contributed by atoms with E-state index in [-0.39, 0.29) is 0 Å². The first-order valence-electron chi connectivity index (χ1n) is 6.47. The molecule has 1 rings (SSSR count). The van der Waals surface area contributed by atoms with Crippen LogP contribution in [0.15, 0.2) is 24.3 Å². The van der Waals surface area contributed by atoms with Crippen molar-refractivity contribution in [1.29, 1.82) is 0 Å². The fourth-order valence-corrected chi connectivity index (χ4v) is 2.22. The van der Waals surface area contributed by atoms with E-state index in [9.17, 15) is 0 Å². The van der Waals surface area contributed by atoms with Gasteiger partial charge in [0.2, 0.25) is 0 Å². The van der Waals surface area contributed by atoms with Crippen molar-refractivity contribution in [2.75, 3.05) is 0 Å². The molecule has 1 N–H and O–H groups in total. The topological polar surface area (TPSA) is 12.0 Å². The molecule has 0 spiro atoms. The number of nitrogens with one attached hydrogen (secondary N) is 1. The molecule has 0 heterocycles. The van der Waals surface area contributed by atoms with Gasteiger partial charge in [0.15, 0.2) is 0 Å². The van der Waals surface area contributed by atoms with Gasteiger partial charge in [0.25, 0.3) is 0 Å². The zero-order valence-electron chi connectivity index (χ0n) is 11.1. The number of benzene rings is 1. The maximum atomic E-state index is 3.74. The van der Waals surface area contributed by atoms with Crippen LogP contribution in [-0.4, -0.2) is 5.54 Å². The molecule has 0 aliphatic carbocycles. The Labute approximate surface area is 100 Å². The number of hydrogen-bond acceptors (Lipinski definition) is 1. The monoisotopic (exact) mass is 219 g/mol. The third-order valence-corrected chi connectivity index (χ3v) is 3.95. The summed E-state index contributed by atoms with van der Waals surface area (Å²) in [5.74, 6) is 0. The Hall–Kier alpha value is -0.820. The second-order valence-electron chi connectivity index (χ2n) is 4.62. The largest absolute Gasteiger partial charge is 0.307 e. The van der Waals surface area contributed by atoms with Crippen LogP contribution in [0.3, 0.4) is 0 Å². The minimum absolute atomic E-state index is 0.322. The quantitative estimate of drug-likeness (QED) is 0.761. The third kappa shape index (κ3) is 3.08. The molecule has 0 saturated carbocycles. The van der Waals surface area contributed by atoms with Crippen LogP contribution in [0.2, 0.25) is 0 Å². The van der Waals surface area contributed by atoms with Crippen molar-refractivity contribution >= 4 is 0 Å². The lowest BCUT2D eigenvalue weighted by molar-refractivity contribution is 0.288. The summed E-state index contributed by atoms with van der Waals surface area (Å²) in [5.41, 5.74) is 3.12. The van der Waals surface area contributed by atoms with Crippen molar-refractivity contribution in [3.8, 4) is 0 Å². The molecule has 0 bridgehead atoms. The summed E-state index contributed by atoms with van der Waals surface area (Å²) in [5, 5.41) is 3.74. The first-order valence-corrected chi connectivity index (χ1v) is 6.47. The maximum absolute atomic E-state index is 3.74. The Morgan fingerprint density at radius 3 is 2.06 bits per heavy atom. The lowest BCUT2D eigenvalue weighted by Crippen LogP contribution is -2.43. The van der Waals surface area contributed by atoms with Gasteiger partial charge in [-0.1, -0.05) is 45.0 Å². The molecule has 0 aliphatic rings. The minimum atomic E-state index is 0.322. The first kappa shape index (κ1) is 13.2. The van der Waals surface area contributed by atoms with Gasteiger partial charge in [-0.05, 0) is 37.3 Å². The Morgan fingerprint density at radius 1 is 1.00 bits per heavy atom. The second-order valence-corrected chi connectivity index (χ2v) is 4.62. The number of aryl methyl sites for hydroxylation is 1. The summed E-state index contributed by atoms with van der Waals surface area (Å²) in [4.78, 5) is 0. The summed E-state index contributed by atoms with van der Waals surface area (Å²) in [6.07, 6.45) is 3.60. The molecule has 90 valence electrons. The molecule has 0 aliphatic heterocycles. The molecule has 0 unspecified atom stereocenters. The Morgan fingerprint density at radius 2 is 1.56 bits per heavy atom. The maximum Gasteiger partial charge on any atom is 0.0213 e. The summed E-state index contributed by atoms with van der Waals surface area (Å²) in [7, 11) is 0. The van der Waals surface area contributed by atoms with E-state index in [2.05, 4.69) is 57.3 Å². The second kappa shape index (κ2) is 6.05. The highest BCUT2D eigenvalue weighted by molar-refractivity contribution is 5.25. The predicted octanol–water partition coefficient (Wildman–Crippen LogP) is 4.05. The highest BCUT2D eigenvalue weighted by atomic mass is 15.0. The average Bonchev–Trinajstić information content (AvgIpc) is 2.34. The Kier molecular flexibility index (Phi) is 5.01. The van der Waals surface area contributed by atoms with E-state index in [1.165, 1.54) is 30.4 Å². The molecule has 1 nitrogen and oxygen atoms in total. The molecular weight excluding hydrogens is 194 g/mol. The smallest absolute Gasteiger partial charge is 0.0213 e. The van der Waals surface area contributed by atoms with Crippen LogP contribution in [0.4, 0.5) is 0 Å². The van der Waals surface area contributed by atoms with Crippen molar-refractivity contribution in [3.63, 3.8) is 0 Å². The summed E-state index contributed by atoms with van der Waals surface area (Å²) in [6.45, 7) is 10.00. The van der Waals surface area contributed by atoms with Crippen molar-refractivity contribution < 1.29 is 0 Å². The molecule has 0 atom stereocenters. The Bertz CT molecular complexity index is 305. The van der Waals surface area contributed by atoms with Crippen molar-refractivity contribution in [1.82, 2.24) is 5.32 Å². The summed E-state index contributed by atoms with van der Waals surface area (Å²) >= 11 is 0. The van der Waals surface area contributed by atoms with Crippen LogP contribution < -0.4 is 5.32 Å². The lowest BCUT2D eigenvalue weighted by Gasteiger charge is -2.32. The average molecular weight is 219 g/mol. The van der Waals surface area contributed by atoms with Gasteiger partial charge in [0.05, 0.1) is 0 Å². The van der Waals surface area contributed by atoms with Gasteiger partial charge in [0, 0.05) is 12.1 Å². The molecule has 1 heteroatoms. The van der Waals surface area contributed by atoms with Gasteiger partial charge in [-0.2, -0.15) is 0 Å². The highest BCUT2D eigenvalue weighted by Crippen LogP contribution is 2.20. The molecule has 0 amide bonds. The van der Waals surface area contributed by atoms with Crippen LogP contribution in [0, 0.1) is 6.92 Å². The van der Waals surface area contributed by atoms with Crippen molar-refractivity contribution in [2.24, 2.45) is 0 Å². The standard InChI is InChI=1S/C15H25N/c1-5-15(6-2,7-3)16-12-14-11-9-8-10-13(14)4/h8-11,16H,5-7,12H2,1-4H3. The van der Waals surface area contributed by atoms with E-state index in [1.54, 1.807) is 0 Å². The van der Waals surface area contributed by atoms with Crippen molar-refractivity contribution in [2.45, 2.75) is 59.0 Å². The first-order chi connectivity index (χ1) is 7.67. The van der Waals surface area contributed by atoms with E-state index in [0.29, 0.717) is 5.54 Å². The van der Waals surface area contributed by atoms with Gasteiger partial charge >= 0.3 is 0 Å². The lowest BCUT2D eigenvalue weighted by atomic mass is 9.89. The van der Waals surface area contributed by atoms with Crippen LogP contribution in [0.25, 0.3) is 0 Å². The normalized spacial score (nSPS) is 11.8. The van der Waals surface area contributed by atoms with Gasteiger partial charge in [0.1, 0.15) is 0 Å². The van der Waals surface area contributed by atoms with E-state index in [0.717, 1.165) is 6.54 Å². The van der Waals surface area contributed by atoms with Crippen molar-refractivity contribution in [3.05, 3.63) is 35.4 Å². The van der Waals surface area contributed by atoms with Crippen LogP contribution in [-0.2, 0) is 6.54 Å². The van der Waals surface area contributed by atoms with Crippen LogP contribution >= 0.6 is 0 Å². The molecule has 0 fully saturated rings. The minimum Gasteiger partial charge on any atom is -0.307 e. The third-order valence-electron chi connectivity index (χ3n) is 3.95. The van der Waals surface area contributed by atoms with Gasteiger partial charge in [-0.25, -0.2) is 0 Å². The Balaban J connectivity index is 2.66. The fraction of sp³-hybridized carbons (Fsp3) is 0.600. The van der Waals surface area contributed by atoms with Gasteiger partial charge in [-0.15, -0.1) is 0 Å². The number of hydrogen-bond donors (Lipinski definition) is 1. The van der Waals surface area contributed by atoms with Crippen LogP contribution in [0.1, 0.15) is 51.2 Å². The highest BCUT2D eigenvalue weighted by Gasteiger charge is 2.22. The van der Waals surface area contributed by atoms with E-state index < -0.39 is 0 Å². The number of rotatable bonds is 6. The van der Waals surface area contributed by atoms with E-state index in [4.69, 9.17) is 0 Å². The summed E-state index contributed by atoms with van der Waals surface area (Å²) in [6, 6.07) is 8.62. The van der Waals surface area contributed by atoms with E-state index in [1.807, 2.05) is 0 Å². The summed E-state index contributed by atoms with van der Waals surface area (Å²) < 4.78 is 0. The molecule has 16 heavy (non-hydrogen) atoms. The van der Waals surface area contributed by atoms with Gasteiger partial charge in [-0.3, -0.25) is 0 Å². The molecule has 1 aromatic rings. The molecular formula is C15H25N. The zero-order chi connectivity index (χ0) is 12.0.